The Kier molecular flexibility index (Phi) is 7.48. The fourth-order valence-corrected chi connectivity index (χ4v) is 5.30. The molecule has 2 saturated heterocycles. The number of thiophene rings is 1. The van der Waals surface area contributed by atoms with Gasteiger partial charge in [-0.1, -0.05) is 24.3 Å². The van der Waals surface area contributed by atoms with E-state index in [1.54, 1.807) is 11.3 Å². The molecule has 0 aliphatic carbocycles. The fourth-order valence-electron chi connectivity index (χ4n) is 4.34. The summed E-state index contributed by atoms with van der Waals surface area (Å²) in [6.07, 6.45) is 1.26. The molecule has 184 valence electrons. The maximum Gasteiger partial charge on any atom is 0.252 e. The number of nitrogens with one attached hydrogen (secondary N) is 3. The summed E-state index contributed by atoms with van der Waals surface area (Å²) in [6.45, 7) is 8.20. The van der Waals surface area contributed by atoms with Gasteiger partial charge in [0.1, 0.15) is 11.9 Å². The average molecular weight is 492 g/mol. The number of hydrogen-bond donors (Lipinski definition) is 3. The summed E-state index contributed by atoms with van der Waals surface area (Å²) >= 11 is 1.81. The molecule has 0 radical (unpaired) electrons. The molecule has 2 aromatic carbocycles. The quantitative estimate of drug-likeness (QED) is 0.413. The molecule has 35 heavy (non-hydrogen) atoms. The largest absolute Gasteiger partial charge is 0.488 e. The molecule has 3 aromatic rings. The van der Waals surface area contributed by atoms with E-state index >= 15 is 0 Å². The Labute approximate surface area is 211 Å². The highest BCUT2D eigenvalue weighted by atomic mass is 32.1. The summed E-state index contributed by atoms with van der Waals surface area (Å²) in [4.78, 5) is 15.7. The summed E-state index contributed by atoms with van der Waals surface area (Å²) in [5, 5.41) is 9.95. The zero-order valence-electron chi connectivity index (χ0n) is 20.3. The van der Waals surface area contributed by atoms with Crippen LogP contribution in [0.25, 0.3) is 10.4 Å². The molecule has 0 saturated carbocycles. The van der Waals surface area contributed by atoms with Crippen molar-refractivity contribution in [2.24, 2.45) is 0 Å². The number of hydrogen-bond acceptors (Lipinski definition) is 6. The van der Waals surface area contributed by atoms with E-state index in [1.165, 1.54) is 15.3 Å². The van der Waals surface area contributed by atoms with E-state index in [1.807, 2.05) is 32.0 Å². The van der Waals surface area contributed by atoms with Crippen LogP contribution < -0.4 is 20.7 Å². The summed E-state index contributed by atoms with van der Waals surface area (Å²) in [5.74, 6) is 0.656. The minimum absolute atomic E-state index is 0.0852. The number of carbonyl (C=O) groups is 1. The van der Waals surface area contributed by atoms with Gasteiger partial charge in [-0.05, 0) is 67.3 Å². The maximum atomic E-state index is 13.1. The molecule has 2 fully saturated rings. The van der Waals surface area contributed by atoms with Crippen LogP contribution in [-0.2, 0) is 11.3 Å². The van der Waals surface area contributed by atoms with Gasteiger partial charge < -0.3 is 25.4 Å². The van der Waals surface area contributed by atoms with E-state index < -0.39 is 0 Å². The van der Waals surface area contributed by atoms with Crippen LogP contribution in [0.15, 0.2) is 54.6 Å². The fraction of sp³-hybridized carbons (Fsp3) is 0.393. The van der Waals surface area contributed by atoms with Crippen molar-refractivity contribution >= 4 is 17.2 Å². The Bertz CT molecular complexity index is 1170. The van der Waals surface area contributed by atoms with Gasteiger partial charge in [-0.25, -0.2) is 0 Å². The third-order valence-corrected chi connectivity index (χ3v) is 7.81. The minimum Gasteiger partial charge on any atom is -0.488 e. The second-order valence-corrected chi connectivity index (χ2v) is 10.6. The van der Waals surface area contributed by atoms with Crippen LogP contribution in [0.2, 0.25) is 0 Å². The van der Waals surface area contributed by atoms with Crippen LogP contribution in [0.5, 0.6) is 5.75 Å². The van der Waals surface area contributed by atoms with Crippen LogP contribution in [0.3, 0.4) is 0 Å². The third-order valence-electron chi connectivity index (χ3n) is 6.68. The van der Waals surface area contributed by atoms with Crippen LogP contribution in [0.4, 0.5) is 0 Å². The van der Waals surface area contributed by atoms with E-state index in [2.05, 4.69) is 52.3 Å². The zero-order chi connectivity index (χ0) is 24.2. The number of rotatable bonds is 9. The van der Waals surface area contributed by atoms with E-state index in [0.717, 1.165) is 56.1 Å². The molecule has 0 bridgehead atoms. The molecule has 1 aromatic heterocycles. The smallest absolute Gasteiger partial charge is 0.252 e. The monoisotopic (exact) mass is 491 g/mol. The summed E-state index contributed by atoms with van der Waals surface area (Å²) in [6, 6.07) is 18.9. The summed E-state index contributed by atoms with van der Waals surface area (Å²) < 4.78 is 11.4. The van der Waals surface area contributed by atoms with Crippen LogP contribution in [0, 0.1) is 6.92 Å². The van der Waals surface area contributed by atoms with Crippen molar-refractivity contribution in [2.75, 3.05) is 26.3 Å². The van der Waals surface area contributed by atoms with Crippen molar-refractivity contribution < 1.29 is 14.3 Å². The molecule has 5 rings (SSSR count). The number of aryl methyl sites for hydroxylation is 1. The van der Waals surface area contributed by atoms with Crippen molar-refractivity contribution in [1.29, 1.82) is 0 Å². The lowest BCUT2D eigenvalue weighted by atomic mass is 10.0. The van der Waals surface area contributed by atoms with Crippen molar-refractivity contribution in [3.8, 4) is 16.2 Å². The maximum absolute atomic E-state index is 13.1. The Hall–Kier alpha value is -2.71. The van der Waals surface area contributed by atoms with Crippen LogP contribution in [0.1, 0.15) is 45.7 Å². The van der Waals surface area contributed by atoms with Crippen molar-refractivity contribution in [2.45, 2.75) is 45.0 Å². The Morgan fingerprint density at radius 1 is 1.20 bits per heavy atom. The number of ether oxygens (including phenoxy) is 2. The predicted molar refractivity (Wildman–Crippen MR) is 140 cm³/mol. The summed E-state index contributed by atoms with van der Waals surface area (Å²) in [7, 11) is 0. The number of carbonyl (C=O) groups excluding carboxylic acids is 1. The van der Waals surface area contributed by atoms with Crippen molar-refractivity contribution in [1.82, 2.24) is 16.0 Å². The molecular weight excluding hydrogens is 458 g/mol. The molecule has 3 N–H and O–H groups in total. The normalized spacial score (nSPS) is 18.7. The molecule has 2 aliphatic rings. The van der Waals surface area contributed by atoms with Gasteiger partial charge in [0.15, 0.2) is 0 Å². The van der Waals surface area contributed by atoms with Crippen LogP contribution in [-0.4, -0.2) is 44.4 Å². The van der Waals surface area contributed by atoms with Gasteiger partial charge in [-0.15, -0.1) is 11.3 Å². The van der Waals surface area contributed by atoms with Gasteiger partial charge in [0, 0.05) is 47.6 Å². The van der Waals surface area contributed by atoms with E-state index in [4.69, 9.17) is 9.47 Å². The predicted octanol–water partition coefficient (Wildman–Crippen LogP) is 4.44. The second kappa shape index (κ2) is 10.9. The van der Waals surface area contributed by atoms with Gasteiger partial charge in [-0.2, -0.15) is 0 Å². The average Bonchev–Trinajstić information content (AvgIpc) is 3.53. The van der Waals surface area contributed by atoms with E-state index in [-0.39, 0.29) is 18.1 Å². The lowest BCUT2D eigenvalue weighted by Gasteiger charge is -2.28. The highest BCUT2D eigenvalue weighted by Gasteiger charge is 2.20. The standard InChI is InChI=1S/C28H33N3O3S/c1-18-6-7-23(34-24-14-29-15-24)13-26(18)28(32)31-19(2)20-4-3-5-21(12-20)27-9-8-25(35-27)16-30-22-10-11-33-17-22/h3-9,12-13,19,22,24,29-30H,10-11,14-17H2,1-2H3,(H,31,32)/t19-,22+/m1/s1. The second-order valence-electron chi connectivity index (χ2n) is 9.40. The van der Waals surface area contributed by atoms with E-state index in [9.17, 15) is 4.79 Å². The van der Waals surface area contributed by atoms with Gasteiger partial charge in [0.2, 0.25) is 0 Å². The molecule has 2 atom stereocenters. The first kappa shape index (κ1) is 24.0. The van der Waals surface area contributed by atoms with Gasteiger partial charge >= 0.3 is 0 Å². The molecule has 6 nitrogen and oxygen atoms in total. The van der Waals surface area contributed by atoms with Crippen molar-refractivity contribution in [3.05, 3.63) is 76.2 Å². The van der Waals surface area contributed by atoms with Crippen molar-refractivity contribution in [3.63, 3.8) is 0 Å². The Morgan fingerprint density at radius 2 is 2.09 bits per heavy atom. The number of benzene rings is 2. The van der Waals surface area contributed by atoms with E-state index in [0.29, 0.717) is 11.6 Å². The van der Waals surface area contributed by atoms with Gasteiger partial charge in [0.25, 0.3) is 5.91 Å². The zero-order valence-corrected chi connectivity index (χ0v) is 21.1. The first-order chi connectivity index (χ1) is 17.0. The lowest BCUT2D eigenvalue weighted by Crippen LogP contribution is -2.50. The molecular formula is C28H33N3O3S. The highest BCUT2D eigenvalue weighted by molar-refractivity contribution is 7.15. The molecule has 1 amide bonds. The van der Waals surface area contributed by atoms with Crippen LogP contribution >= 0.6 is 11.3 Å². The Balaban J connectivity index is 1.23. The van der Waals surface area contributed by atoms with Gasteiger partial charge in [-0.3, -0.25) is 4.79 Å². The SMILES string of the molecule is Cc1ccc(OC2CNC2)cc1C(=O)N[C@H](C)c1cccc(-c2ccc(CN[C@H]3CCOC3)s2)c1. The number of amides is 1. The molecule has 2 aliphatic heterocycles. The third kappa shape index (κ3) is 5.93. The Morgan fingerprint density at radius 3 is 2.86 bits per heavy atom. The summed E-state index contributed by atoms with van der Waals surface area (Å²) in [5.41, 5.74) is 3.84. The lowest BCUT2D eigenvalue weighted by molar-refractivity contribution is 0.0937. The molecule has 0 spiro atoms. The van der Waals surface area contributed by atoms with Gasteiger partial charge in [0.05, 0.1) is 12.6 Å². The first-order valence-electron chi connectivity index (χ1n) is 12.3. The topological polar surface area (TPSA) is 71.6 Å². The molecule has 3 heterocycles. The minimum atomic E-state index is -0.120. The molecule has 0 unspecified atom stereocenters. The molecule has 7 heteroatoms. The highest BCUT2D eigenvalue weighted by Crippen LogP contribution is 2.30. The first-order valence-corrected chi connectivity index (χ1v) is 13.2.